The average molecular weight is 663 g/mol. The van der Waals surface area contributed by atoms with Gasteiger partial charge in [0.05, 0.1) is 0 Å². The van der Waals surface area contributed by atoms with Crippen molar-refractivity contribution >= 4 is 64.4 Å². The Balaban J connectivity index is 1.23. The van der Waals surface area contributed by atoms with E-state index in [2.05, 4.69) is 98.8 Å². The van der Waals surface area contributed by atoms with E-state index in [1.807, 2.05) is 12.1 Å². The molecule has 2 nitrogen and oxygen atoms in total. The van der Waals surface area contributed by atoms with E-state index in [4.69, 9.17) is 0 Å². The van der Waals surface area contributed by atoms with E-state index in [1.54, 1.807) is 34.8 Å². The van der Waals surface area contributed by atoms with Crippen LogP contribution in [-0.4, -0.2) is 10.2 Å². The molecule has 4 heteroatoms. The van der Waals surface area contributed by atoms with Crippen LogP contribution in [0.15, 0.2) is 109 Å². The third-order valence-electron chi connectivity index (χ3n) is 9.72. The van der Waals surface area contributed by atoms with Gasteiger partial charge in [-0.25, -0.2) is 0 Å². The van der Waals surface area contributed by atoms with Gasteiger partial charge < -0.3 is 10.2 Å². The predicted octanol–water partition coefficient (Wildman–Crippen LogP) is 13.5. The van der Waals surface area contributed by atoms with Crippen molar-refractivity contribution in [2.45, 2.75) is 52.4 Å². The molecule has 48 heavy (non-hydrogen) atoms. The molecule has 0 saturated carbocycles. The van der Waals surface area contributed by atoms with Crippen molar-refractivity contribution in [3.8, 4) is 43.5 Å². The highest BCUT2D eigenvalue weighted by Crippen LogP contribution is 2.49. The Morgan fingerprint density at radius 1 is 0.438 bits per heavy atom. The summed E-state index contributed by atoms with van der Waals surface area (Å²) in [6.45, 7) is 4.46. The molecule has 2 aromatic heterocycles. The SMILES string of the molecule is CCCCc1ccc(-c2cc3c(ccc4c(-c5c(O)ccc6c5ccc5sc(-c7ccc(CCCC)cc7)cc56)c(O)ccc43)s2)cc1. The highest BCUT2D eigenvalue weighted by molar-refractivity contribution is 7.22. The number of phenols is 2. The highest BCUT2D eigenvalue weighted by Gasteiger charge is 2.20. The quantitative estimate of drug-likeness (QED) is 0.161. The van der Waals surface area contributed by atoms with E-state index in [0.29, 0.717) is 11.1 Å². The summed E-state index contributed by atoms with van der Waals surface area (Å²) in [7, 11) is 0. The van der Waals surface area contributed by atoms with E-state index >= 15 is 0 Å². The van der Waals surface area contributed by atoms with Crippen LogP contribution in [0.1, 0.15) is 50.7 Å². The molecule has 8 aromatic rings. The van der Waals surface area contributed by atoms with Crippen LogP contribution in [0.25, 0.3) is 73.7 Å². The first-order chi connectivity index (χ1) is 23.5. The first kappa shape index (κ1) is 30.7. The van der Waals surface area contributed by atoms with E-state index in [1.165, 1.54) is 67.1 Å². The molecule has 0 aliphatic carbocycles. The number of fused-ring (bicyclic) bond motifs is 6. The number of thiophene rings is 2. The number of aromatic hydroxyl groups is 2. The molecule has 0 spiro atoms. The minimum atomic E-state index is 0.164. The van der Waals surface area contributed by atoms with Crippen molar-refractivity contribution in [1.82, 2.24) is 0 Å². The molecule has 0 saturated heterocycles. The summed E-state index contributed by atoms with van der Waals surface area (Å²) in [5.41, 5.74) is 6.55. The zero-order valence-electron chi connectivity index (χ0n) is 27.3. The van der Waals surface area contributed by atoms with Crippen LogP contribution >= 0.6 is 22.7 Å². The number of phenolic OH excluding ortho intramolecular Hbond substituents is 2. The lowest BCUT2D eigenvalue weighted by molar-refractivity contribution is 0.470. The Morgan fingerprint density at radius 2 is 0.833 bits per heavy atom. The smallest absolute Gasteiger partial charge is 0.124 e. The van der Waals surface area contributed by atoms with Crippen molar-refractivity contribution in [2.24, 2.45) is 0 Å². The molecule has 0 aliphatic rings. The first-order valence-electron chi connectivity index (χ1n) is 17.1. The predicted molar refractivity (Wildman–Crippen MR) is 209 cm³/mol. The second-order valence-electron chi connectivity index (χ2n) is 12.9. The summed E-state index contributed by atoms with van der Waals surface area (Å²) < 4.78 is 2.41. The maximum Gasteiger partial charge on any atom is 0.124 e. The number of hydrogen-bond donors (Lipinski definition) is 2. The summed E-state index contributed by atoms with van der Waals surface area (Å²) in [5, 5.41) is 29.2. The van der Waals surface area contributed by atoms with Gasteiger partial charge in [-0.2, -0.15) is 0 Å². The minimum Gasteiger partial charge on any atom is -0.507 e. The lowest BCUT2D eigenvalue weighted by atomic mass is 9.90. The maximum absolute atomic E-state index is 11.4. The van der Waals surface area contributed by atoms with Gasteiger partial charge in [0.25, 0.3) is 0 Å². The lowest BCUT2D eigenvalue weighted by Crippen LogP contribution is -1.87. The van der Waals surface area contributed by atoms with Gasteiger partial charge in [-0.1, -0.05) is 99.5 Å². The molecule has 0 unspecified atom stereocenters. The van der Waals surface area contributed by atoms with Crippen molar-refractivity contribution in [3.63, 3.8) is 0 Å². The van der Waals surface area contributed by atoms with Crippen LogP contribution in [0, 0.1) is 0 Å². The number of benzene rings is 6. The van der Waals surface area contributed by atoms with Crippen LogP contribution in [0.2, 0.25) is 0 Å². The van der Waals surface area contributed by atoms with E-state index in [0.717, 1.165) is 45.2 Å². The van der Waals surface area contributed by atoms with Gasteiger partial charge >= 0.3 is 0 Å². The first-order valence-corrected chi connectivity index (χ1v) is 18.7. The largest absolute Gasteiger partial charge is 0.507 e. The fourth-order valence-electron chi connectivity index (χ4n) is 7.07. The fourth-order valence-corrected chi connectivity index (χ4v) is 9.24. The summed E-state index contributed by atoms with van der Waals surface area (Å²) in [5.74, 6) is 0.328. The average Bonchev–Trinajstić information content (AvgIpc) is 3.76. The molecule has 238 valence electrons. The Bertz CT molecular complexity index is 2260. The van der Waals surface area contributed by atoms with Crippen molar-refractivity contribution in [3.05, 3.63) is 120 Å². The Kier molecular flexibility index (Phi) is 8.15. The zero-order chi connectivity index (χ0) is 32.8. The molecule has 2 heterocycles. The Hall–Kier alpha value is -4.64. The van der Waals surface area contributed by atoms with Gasteiger partial charge in [-0.3, -0.25) is 0 Å². The highest BCUT2D eigenvalue weighted by atomic mass is 32.1. The maximum atomic E-state index is 11.4. The van der Waals surface area contributed by atoms with Gasteiger partial charge in [-0.05, 0) is 106 Å². The van der Waals surface area contributed by atoms with Gasteiger partial charge in [0.2, 0.25) is 0 Å². The van der Waals surface area contributed by atoms with Crippen molar-refractivity contribution in [2.75, 3.05) is 0 Å². The number of aryl methyl sites for hydroxylation is 2. The third-order valence-corrected chi connectivity index (χ3v) is 12.0. The van der Waals surface area contributed by atoms with Crippen LogP contribution in [0.4, 0.5) is 0 Å². The topological polar surface area (TPSA) is 40.5 Å². The number of rotatable bonds is 9. The molecule has 0 radical (unpaired) electrons. The molecule has 6 aromatic carbocycles. The lowest BCUT2D eigenvalue weighted by Gasteiger charge is -2.15. The minimum absolute atomic E-state index is 0.164. The Morgan fingerprint density at radius 3 is 1.23 bits per heavy atom. The van der Waals surface area contributed by atoms with E-state index in [-0.39, 0.29) is 11.5 Å². The van der Waals surface area contributed by atoms with Gasteiger partial charge in [0.1, 0.15) is 11.5 Å². The summed E-state index contributed by atoms with van der Waals surface area (Å²) >= 11 is 3.59. The summed E-state index contributed by atoms with van der Waals surface area (Å²) in [6.07, 6.45) is 7.06. The van der Waals surface area contributed by atoms with Crippen molar-refractivity contribution in [1.29, 1.82) is 0 Å². The van der Waals surface area contributed by atoms with Gasteiger partial charge in [-0.15, -0.1) is 22.7 Å². The van der Waals surface area contributed by atoms with Gasteiger partial charge in [0, 0.05) is 41.1 Å². The van der Waals surface area contributed by atoms with Crippen LogP contribution in [0.5, 0.6) is 11.5 Å². The molecule has 2 N–H and O–H groups in total. The van der Waals surface area contributed by atoms with E-state index in [9.17, 15) is 10.2 Å². The Labute approximate surface area is 289 Å². The third kappa shape index (κ3) is 5.43. The second-order valence-corrected chi connectivity index (χ2v) is 15.1. The molecule has 8 rings (SSSR count). The summed E-state index contributed by atoms with van der Waals surface area (Å²) in [6, 6.07) is 38.6. The molecular formula is C44H38O2S2. The van der Waals surface area contributed by atoms with Crippen LogP contribution in [0.3, 0.4) is 0 Å². The standard InChI is InChI=1S/C44H38O2S2/c1-3-5-7-27-9-13-29(14-10-27)41-25-35-31-17-21-37(45)43(33(31)19-23-39(35)47-41)44-34-20-24-40-36(32(34)18-22-38(44)46)26-42(48-40)30-15-11-28(12-16-30)8-6-4-2/h9-26,45-46H,3-8H2,1-2H3. The number of hydrogen-bond acceptors (Lipinski definition) is 4. The van der Waals surface area contributed by atoms with E-state index < -0.39 is 0 Å². The normalized spacial score (nSPS) is 11.8. The number of unbranched alkanes of at least 4 members (excludes halogenated alkanes) is 2. The van der Waals surface area contributed by atoms with Gasteiger partial charge in [0.15, 0.2) is 0 Å². The zero-order valence-corrected chi connectivity index (χ0v) is 29.0. The van der Waals surface area contributed by atoms with Crippen molar-refractivity contribution < 1.29 is 10.2 Å². The fraction of sp³-hybridized carbons (Fsp3) is 0.182. The molecule has 0 fully saturated rings. The molecule has 0 amide bonds. The van der Waals surface area contributed by atoms with Crippen LogP contribution < -0.4 is 0 Å². The molecule has 0 aliphatic heterocycles. The summed E-state index contributed by atoms with van der Waals surface area (Å²) in [4.78, 5) is 2.46. The molecular weight excluding hydrogens is 625 g/mol. The molecule has 0 bridgehead atoms. The monoisotopic (exact) mass is 662 g/mol. The second kappa shape index (κ2) is 12.8. The van der Waals surface area contributed by atoms with Crippen LogP contribution in [-0.2, 0) is 12.8 Å². The molecule has 0 atom stereocenters.